The summed E-state index contributed by atoms with van der Waals surface area (Å²) in [5.74, 6) is -0.513. The van der Waals surface area contributed by atoms with E-state index in [2.05, 4.69) is 20.1 Å². The first-order valence-corrected chi connectivity index (χ1v) is 11.1. The van der Waals surface area contributed by atoms with Crippen molar-refractivity contribution >= 4 is 15.7 Å². The predicted octanol–water partition coefficient (Wildman–Crippen LogP) is 0.645. The highest BCUT2D eigenvalue weighted by atomic mass is 32.2. The van der Waals surface area contributed by atoms with Crippen LogP contribution in [0, 0.1) is 5.92 Å². The summed E-state index contributed by atoms with van der Waals surface area (Å²) in [6, 6.07) is 8.18. The molecule has 1 N–H and O–H groups in total. The van der Waals surface area contributed by atoms with E-state index < -0.39 is 21.3 Å². The zero-order valence-electron chi connectivity index (χ0n) is 16.1. The van der Waals surface area contributed by atoms with Crippen LogP contribution in [0.1, 0.15) is 12.2 Å². The second-order valence-electron chi connectivity index (χ2n) is 7.57. The fraction of sp³-hybridized carbons (Fsp3) is 0.316. The summed E-state index contributed by atoms with van der Waals surface area (Å²) >= 11 is 0. The zero-order valence-corrected chi connectivity index (χ0v) is 16.9. The second kappa shape index (κ2) is 6.16. The molecule has 0 bridgehead atoms. The molecule has 1 saturated carbocycles. The number of amides is 1. The van der Waals surface area contributed by atoms with Crippen LogP contribution in [0.5, 0.6) is 0 Å². The first-order valence-electron chi connectivity index (χ1n) is 9.17. The lowest BCUT2D eigenvalue weighted by Crippen LogP contribution is -2.40. The van der Waals surface area contributed by atoms with Gasteiger partial charge < -0.3 is 14.5 Å². The topological polar surface area (TPSA) is 139 Å². The van der Waals surface area contributed by atoms with Crippen molar-refractivity contribution in [2.75, 3.05) is 13.3 Å². The number of likely N-dealkylation sites (tertiary alicyclic amines) is 1. The van der Waals surface area contributed by atoms with E-state index in [0.29, 0.717) is 22.8 Å². The largest absolute Gasteiger partial charge is 0.373 e. The Bertz CT molecular complexity index is 1290. The van der Waals surface area contributed by atoms with Crippen LogP contribution in [0.4, 0.5) is 0 Å². The van der Waals surface area contributed by atoms with Crippen molar-refractivity contribution in [3.8, 4) is 22.8 Å². The number of aromatic nitrogens is 4. The molecular formula is C19H17N5O5S. The maximum atomic E-state index is 12.5. The van der Waals surface area contributed by atoms with Crippen molar-refractivity contribution in [1.29, 1.82) is 0 Å². The smallest absolute Gasteiger partial charge is 0.262 e. The van der Waals surface area contributed by atoms with Gasteiger partial charge in [0, 0.05) is 37.5 Å². The third-order valence-electron chi connectivity index (χ3n) is 5.56. The van der Waals surface area contributed by atoms with Crippen molar-refractivity contribution in [2.24, 2.45) is 5.92 Å². The van der Waals surface area contributed by atoms with Crippen LogP contribution >= 0.6 is 0 Å². The molecule has 10 nitrogen and oxygen atoms in total. The van der Waals surface area contributed by atoms with Crippen molar-refractivity contribution in [2.45, 2.75) is 23.2 Å². The average Bonchev–Trinajstić information content (AvgIpc) is 3.34. The Morgan fingerprint density at radius 3 is 2.53 bits per heavy atom. The number of carbonyl (C=O) groups is 1. The van der Waals surface area contributed by atoms with Gasteiger partial charge in [0.1, 0.15) is 5.69 Å². The number of hydrogen-bond donors (Lipinski definition) is 1. The Balaban J connectivity index is 1.50. The number of hydrogen-bond acceptors (Lipinski definition) is 9. The molecule has 154 valence electrons. The average molecular weight is 427 g/mol. The van der Waals surface area contributed by atoms with Gasteiger partial charge in [-0.2, -0.15) is 0 Å². The molecule has 1 aliphatic carbocycles. The van der Waals surface area contributed by atoms with E-state index in [9.17, 15) is 18.3 Å². The van der Waals surface area contributed by atoms with Crippen molar-refractivity contribution in [1.82, 2.24) is 25.0 Å². The first kappa shape index (κ1) is 18.8. The zero-order chi connectivity index (χ0) is 21.3. The van der Waals surface area contributed by atoms with E-state index in [1.165, 1.54) is 12.3 Å². The maximum Gasteiger partial charge on any atom is 0.262 e. The number of piperidine rings is 1. The molecule has 5 rings (SSSR count). The third-order valence-corrected chi connectivity index (χ3v) is 6.42. The van der Waals surface area contributed by atoms with Gasteiger partial charge in [0.25, 0.3) is 5.91 Å². The number of pyridine rings is 1. The Hall–Kier alpha value is -3.18. The molecular weight excluding hydrogens is 410 g/mol. The van der Waals surface area contributed by atoms with Gasteiger partial charge in [-0.05, 0) is 24.6 Å². The molecule has 0 unspecified atom stereocenters. The quantitative estimate of drug-likeness (QED) is 0.594. The lowest BCUT2D eigenvalue weighted by atomic mass is 9.95. The van der Waals surface area contributed by atoms with Gasteiger partial charge in [-0.3, -0.25) is 4.79 Å². The van der Waals surface area contributed by atoms with E-state index in [4.69, 9.17) is 4.52 Å². The van der Waals surface area contributed by atoms with Crippen LogP contribution in [-0.2, 0) is 20.2 Å². The fourth-order valence-electron chi connectivity index (χ4n) is 3.88. The van der Waals surface area contributed by atoms with Gasteiger partial charge in [0.05, 0.1) is 17.1 Å². The summed E-state index contributed by atoms with van der Waals surface area (Å²) in [5.41, 5.74) is -0.182. The molecule has 3 atom stereocenters. The highest BCUT2D eigenvalue weighted by Gasteiger charge is 2.68. The predicted molar refractivity (Wildman–Crippen MR) is 102 cm³/mol. The summed E-state index contributed by atoms with van der Waals surface area (Å²) < 4.78 is 28.8. The number of sulfone groups is 1. The highest BCUT2D eigenvalue weighted by molar-refractivity contribution is 7.90. The van der Waals surface area contributed by atoms with E-state index in [0.717, 1.165) is 12.7 Å². The molecule has 1 amide bonds. The molecule has 30 heavy (non-hydrogen) atoms. The Labute approximate surface area is 171 Å². The van der Waals surface area contributed by atoms with Crippen LogP contribution in [0.25, 0.3) is 22.8 Å². The Morgan fingerprint density at radius 1 is 1.17 bits per heavy atom. The highest BCUT2D eigenvalue weighted by Crippen LogP contribution is 2.55. The standard InChI is InChI=1S/C19H17N5O5S/c1-24-15-8-10(15)19(26,17(24)25)16-9-14(23-29-16)12-5-3-4-11(21-12)13-6-7-20-18(22-13)30(2,27)28/h3-7,9-10,15,26H,8H2,1-2H3/t10-,15+,19+/m0/s1. The first-order chi connectivity index (χ1) is 14.2. The normalized spacial score (nSPS) is 25.4. The van der Waals surface area contributed by atoms with Gasteiger partial charge in [0.2, 0.25) is 20.6 Å². The van der Waals surface area contributed by atoms with Crippen molar-refractivity contribution in [3.05, 3.63) is 42.3 Å². The SMILES string of the molecule is CN1C(=O)[C@](O)(c2cc(-c3cccc(-c4ccnc(S(C)(=O)=O)n4)n3)no2)[C@H]2C[C@H]21. The molecule has 3 aromatic heterocycles. The summed E-state index contributed by atoms with van der Waals surface area (Å²) in [6.07, 6.45) is 3.10. The second-order valence-corrected chi connectivity index (χ2v) is 9.48. The van der Waals surface area contributed by atoms with Gasteiger partial charge in [0.15, 0.2) is 5.76 Å². The van der Waals surface area contributed by atoms with Gasteiger partial charge in [-0.1, -0.05) is 11.2 Å². The van der Waals surface area contributed by atoms with E-state index in [-0.39, 0.29) is 22.9 Å². The number of likely N-dealkylation sites (N-methyl/N-ethyl adjacent to an activating group) is 1. The van der Waals surface area contributed by atoms with E-state index >= 15 is 0 Å². The lowest BCUT2D eigenvalue weighted by Gasteiger charge is -2.21. The third kappa shape index (κ3) is 2.73. The fourth-order valence-corrected chi connectivity index (χ4v) is 4.40. The monoisotopic (exact) mass is 427 g/mol. The number of rotatable bonds is 4. The minimum Gasteiger partial charge on any atom is -0.373 e. The Kier molecular flexibility index (Phi) is 3.86. The van der Waals surface area contributed by atoms with Crippen LogP contribution < -0.4 is 0 Å². The van der Waals surface area contributed by atoms with Gasteiger partial charge in [-0.15, -0.1) is 0 Å². The lowest BCUT2D eigenvalue weighted by molar-refractivity contribution is -0.149. The van der Waals surface area contributed by atoms with Crippen LogP contribution in [-0.4, -0.2) is 63.8 Å². The summed E-state index contributed by atoms with van der Waals surface area (Å²) in [4.78, 5) is 26.3. The maximum absolute atomic E-state index is 12.5. The van der Waals surface area contributed by atoms with Crippen LogP contribution in [0.15, 0.2) is 46.2 Å². The molecule has 1 aliphatic heterocycles. The van der Waals surface area contributed by atoms with E-state index in [1.54, 1.807) is 36.2 Å². The summed E-state index contributed by atoms with van der Waals surface area (Å²) in [5, 5.41) is 14.7. The van der Waals surface area contributed by atoms with Crippen LogP contribution in [0.3, 0.4) is 0 Å². The summed E-state index contributed by atoms with van der Waals surface area (Å²) in [6.45, 7) is 0. The number of fused-ring (bicyclic) bond motifs is 1. The molecule has 4 heterocycles. The molecule has 2 fully saturated rings. The number of aliphatic hydroxyl groups is 1. The minimum atomic E-state index is -3.56. The molecule has 1 saturated heterocycles. The molecule has 3 aromatic rings. The number of carbonyl (C=O) groups excluding carboxylic acids is 1. The van der Waals surface area contributed by atoms with Crippen molar-refractivity contribution < 1.29 is 22.8 Å². The molecule has 0 spiro atoms. The summed E-state index contributed by atoms with van der Waals surface area (Å²) in [7, 11) is -1.89. The van der Waals surface area contributed by atoms with Gasteiger partial charge >= 0.3 is 0 Å². The van der Waals surface area contributed by atoms with Crippen LogP contribution in [0.2, 0.25) is 0 Å². The molecule has 2 aliphatic rings. The van der Waals surface area contributed by atoms with E-state index in [1.807, 2.05) is 0 Å². The number of nitrogens with zero attached hydrogens (tertiary/aromatic N) is 5. The molecule has 0 aromatic carbocycles. The Morgan fingerprint density at radius 2 is 1.87 bits per heavy atom. The minimum absolute atomic E-state index is 0.0271. The molecule has 11 heteroatoms. The molecule has 0 radical (unpaired) electrons. The van der Waals surface area contributed by atoms with Gasteiger partial charge in [-0.25, -0.2) is 23.4 Å². The van der Waals surface area contributed by atoms with Crippen molar-refractivity contribution in [3.63, 3.8) is 0 Å².